The van der Waals surface area contributed by atoms with Gasteiger partial charge in [0.2, 0.25) is 0 Å². The zero-order valence-electron chi connectivity index (χ0n) is 11.7. The van der Waals surface area contributed by atoms with Crippen LogP contribution in [-0.2, 0) is 7.05 Å². The van der Waals surface area contributed by atoms with Crippen molar-refractivity contribution in [2.24, 2.45) is 7.05 Å². The van der Waals surface area contributed by atoms with E-state index in [9.17, 15) is 4.79 Å². The van der Waals surface area contributed by atoms with Crippen LogP contribution >= 0.6 is 15.9 Å². The van der Waals surface area contributed by atoms with Crippen molar-refractivity contribution in [3.8, 4) is 0 Å². The number of amides is 1. The predicted molar refractivity (Wildman–Crippen MR) is 87.5 cm³/mol. The minimum atomic E-state index is -0.210. The Hall–Kier alpha value is -2.14. The van der Waals surface area contributed by atoms with Gasteiger partial charge in [-0.15, -0.1) is 0 Å². The first-order chi connectivity index (χ1) is 10.1. The third kappa shape index (κ3) is 2.56. The standard InChI is InChI=1S/C16H14BrN3O/c1-10-7-8-12(17)13(9-10)18-16(21)15-11-5-3-4-6-14(11)20(2)19-15/h3-9H,1-2H3,(H,18,21). The first-order valence-corrected chi connectivity index (χ1v) is 7.35. The van der Waals surface area contributed by atoms with Crippen LogP contribution in [0.1, 0.15) is 16.1 Å². The molecule has 0 atom stereocenters. The molecule has 106 valence electrons. The van der Waals surface area contributed by atoms with Crippen molar-refractivity contribution in [3.05, 3.63) is 58.2 Å². The predicted octanol–water partition coefficient (Wildman–Crippen LogP) is 3.90. The minimum absolute atomic E-state index is 0.210. The second kappa shape index (κ2) is 5.33. The van der Waals surface area contributed by atoms with E-state index in [1.165, 1.54) is 0 Å². The number of nitrogens with one attached hydrogen (secondary N) is 1. The molecule has 21 heavy (non-hydrogen) atoms. The number of aromatic nitrogens is 2. The number of carbonyl (C=O) groups excluding carboxylic acids is 1. The Bertz CT molecular complexity index is 839. The number of nitrogens with zero attached hydrogens (tertiary/aromatic N) is 2. The molecule has 4 nitrogen and oxygen atoms in total. The molecule has 0 bridgehead atoms. The first kappa shape index (κ1) is 13.8. The van der Waals surface area contributed by atoms with E-state index >= 15 is 0 Å². The van der Waals surface area contributed by atoms with Crippen LogP contribution in [0, 0.1) is 6.92 Å². The number of fused-ring (bicyclic) bond motifs is 1. The largest absolute Gasteiger partial charge is 0.320 e. The number of aryl methyl sites for hydroxylation is 2. The third-order valence-electron chi connectivity index (χ3n) is 3.34. The summed E-state index contributed by atoms with van der Waals surface area (Å²) in [5.74, 6) is -0.210. The quantitative estimate of drug-likeness (QED) is 0.767. The van der Waals surface area contributed by atoms with Crippen LogP contribution < -0.4 is 5.32 Å². The first-order valence-electron chi connectivity index (χ1n) is 6.55. The van der Waals surface area contributed by atoms with Gasteiger partial charge in [-0.2, -0.15) is 5.10 Å². The average Bonchev–Trinajstić information content (AvgIpc) is 2.81. The highest BCUT2D eigenvalue weighted by molar-refractivity contribution is 9.10. The molecule has 0 aliphatic rings. The Labute approximate surface area is 130 Å². The maximum Gasteiger partial charge on any atom is 0.276 e. The van der Waals surface area contributed by atoms with Crippen molar-refractivity contribution >= 4 is 38.4 Å². The minimum Gasteiger partial charge on any atom is -0.320 e. The highest BCUT2D eigenvalue weighted by Crippen LogP contribution is 2.25. The molecule has 1 N–H and O–H groups in total. The molecule has 1 aromatic heterocycles. The number of halogens is 1. The molecule has 0 unspecified atom stereocenters. The topological polar surface area (TPSA) is 46.9 Å². The van der Waals surface area contributed by atoms with Crippen LogP contribution in [0.15, 0.2) is 46.9 Å². The zero-order chi connectivity index (χ0) is 15.0. The van der Waals surface area contributed by atoms with E-state index in [0.29, 0.717) is 5.69 Å². The molecule has 0 aliphatic carbocycles. The highest BCUT2D eigenvalue weighted by Gasteiger charge is 2.16. The van der Waals surface area contributed by atoms with Gasteiger partial charge in [-0.05, 0) is 46.6 Å². The van der Waals surface area contributed by atoms with E-state index < -0.39 is 0 Å². The van der Waals surface area contributed by atoms with Crippen LogP contribution in [0.3, 0.4) is 0 Å². The van der Waals surface area contributed by atoms with Gasteiger partial charge in [-0.25, -0.2) is 0 Å². The average molecular weight is 344 g/mol. The number of benzene rings is 2. The fourth-order valence-corrected chi connectivity index (χ4v) is 2.64. The third-order valence-corrected chi connectivity index (χ3v) is 4.03. The van der Waals surface area contributed by atoms with Crippen molar-refractivity contribution < 1.29 is 4.79 Å². The van der Waals surface area contributed by atoms with Gasteiger partial charge in [-0.3, -0.25) is 9.48 Å². The van der Waals surface area contributed by atoms with E-state index in [2.05, 4.69) is 26.3 Å². The van der Waals surface area contributed by atoms with Crippen LogP contribution in [-0.4, -0.2) is 15.7 Å². The fourth-order valence-electron chi connectivity index (χ4n) is 2.30. The Morgan fingerprint density at radius 3 is 2.81 bits per heavy atom. The summed E-state index contributed by atoms with van der Waals surface area (Å²) in [6.45, 7) is 1.98. The lowest BCUT2D eigenvalue weighted by Gasteiger charge is -2.07. The molecule has 0 saturated carbocycles. The highest BCUT2D eigenvalue weighted by atomic mass is 79.9. The van der Waals surface area contributed by atoms with Crippen LogP contribution in [0.5, 0.6) is 0 Å². The van der Waals surface area contributed by atoms with Gasteiger partial charge < -0.3 is 5.32 Å². The van der Waals surface area contributed by atoms with Gasteiger partial charge in [0, 0.05) is 16.9 Å². The van der Waals surface area contributed by atoms with E-state index in [-0.39, 0.29) is 5.91 Å². The van der Waals surface area contributed by atoms with Gasteiger partial charge in [0.05, 0.1) is 11.2 Å². The number of rotatable bonds is 2. The van der Waals surface area contributed by atoms with Crippen molar-refractivity contribution in [1.29, 1.82) is 0 Å². The Morgan fingerprint density at radius 2 is 2.00 bits per heavy atom. The molecule has 0 aliphatic heterocycles. The van der Waals surface area contributed by atoms with Crippen molar-refractivity contribution in [3.63, 3.8) is 0 Å². The number of hydrogen-bond donors (Lipinski definition) is 1. The summed E-state index contributed by atoms with van der Waals surface area (Å²) in [5.41, 5.74) is 3.20. The number of anilines is 1. The summed E-state index contributed by atoms with van der Waals surface area (Å²) in [6, 6.07) is 13.5. The molecule has 0 saturated heterocycles. The summed E-state index contributed by atoms with van der Waals surface area (Å²) in [6.07, 6.45) is 0. The van der Waals surface area contributed by atoms with Crippen LogP contribution in [0.2, 0.25) is 0 Å². The zero-order valence-corrected chi connectivity index (χ0v) is 13.3. The summed E-state index contributed by atoms with van der Waals surface area (Å²) in [4.78, 5) is 12.5. The van der Waals surface area contributed by atoms with Gasteiger partial charge in [0.15, 0.2) is 5.69 Å². The molecule has 1 amide bonds. The Balaban J connectivity index is 2.00. The molecule has 0 fully saturated rings. The van der Waals surface area contributed by atoms with Gasteiger partial charge in [0.1, 0.15) is 0 Å². The Kier molecular flexibility index (Phi) is 3.51. The van der Waals surface area contributed by atoms with Gasteiger partial charge >= 0.3 is 0 Å². The molecule has 3 aromatic rings. The Morgan fingerprint density at radius 1 is 1.24 bits per heavy atom. The molecule has 3 rings (SSSR count). The monoisotopic (exact) mass is 343 g/mol. The van der Waals surface area contributed by atoms with E-state index in [1.54, 1.807) is 4.68 Å². The SMILES string of the molecule is Cc1ccc(Br)c(NC(=O)c2nn(C)c3ccccc23)c1. The van der Waals surface area contributed by atoms with Crippen LogP contribution in [0.25, 0.3) is 10.9 Å². The normalized spacial score (nSPS) is 10.8. The molecule has 5 heteroatoms. The number of hydrogen-bond acceptors (Lipinski definition) is 2. The fraction of sp³-hybridized carbons (Fsp3) is 0.125. The summed E-state index contributed by atoms with van der Waals surface area (Å²) >= 11 is 3.45. The lowest BCUT2D eigenvalue weighted by atomic mass is 10.2. The van der Waals surface area contributed by atoms with Gasteiger partial charge in [-0.1, -0.05) is 24.3 Å². The second-order valence-electron chi connectivity index (χ2n) is 4.93. The molecular formula is C16H14BrN3O. The lowest BCUT2D eigenvalue weighted by molar-refractivity contribution is 0.102. The van der Waals surface area contributed by atoms with E-state index in [0.717, 1.165) is 26.6 Å². The van der Waals surface area contributed by atoms with Crippen molar-refractivity contribution in [1.82, 2.24) is 9.78 Å². The summed E-state index contributed by atoms with van der Waals surface area (Å²) < 4.78 is 2.57. The molecule has 1 heterocycles. The van der Waals surface area contributed by atoms with E-state index in [4.69, 9.17) is 0 Å². The summed E-state index contributed by atoms with van der Waals surface area (Å²) in [7, 11) is 1.84. The molecule has 0 radical (unpaired) electrons. The molecular weight excluding hydrogens is 330 g/mol. The molecule has 2 aromatic carbocycles. The number of carbonyl (C=O) groups is 1. The second-order valence-corrected chi connectivity index (χ2v) is 5.78. The van der Waals surface area contributed by atoms with Crippen LogP contribution in [0.4, 0.5) is 5.69 Å². The van der Waals surface area contributed by atoms with Crippen molar-refractivity contribution in [2.75, 3.05) is 5.32 Å². The summed E-state index contributed by atoms with van der Waals surface area (Å²) in [5, 5.41) is 8.09. The lowest BCUT2D eigenvalue weighted by Crippen LogP contribution is -2.13. The number of para-hydroxylation sites is 1. The van der Waals surface area contributed by atoms with Crippen molar-refractivity contribution in [2.45, 2.75) is 6.92 Å². The molecule has 0 spiro atoms. The van der Waals surface area contributed by atoms with E-state index in [1.807, 2.05) is 56.4 Å². The maximum absolute atomic E-state index is 12.5. The maximum atomic E-state index is 12.5. The van der Waals surface area contributed by atoms with Gasteiger partial charge in [0.25, 0.3) is 5.91 Å². The smallest absolute Gasteiger partial charge is 0.276 e.